The lowest BCUT2D eigenvalue weighted by Crippen LogP contribution is -2.43. The zero-order valence-electron chi connectivity index (χ0n) is 15.4. The maximum atomic E-state index is 6.11. The van der Waals surface area contributed by atoms with Crippen molar-refractivity contribution in [2.24, 2.45) is 5.92 Å². The number of rotatable bonds is 15. The molecule has 2 heteroatoms. The SMILES string of the molecule is CCCCCCCCC(CC)C(CCCC)(OC)OCC. The Morgan fingerprint density at radius 1 is 0.810 bits per heavy atom. The molecule has 0 rings (SSSR count). The predicted octanol–water partition coefficient (Wildman–Crippen LogP) is 6.33. The summed E-state index contributed by atoms with van der Waals surface area (Å²) in [5.74, 6) is 0.184. The van der Waals surface area contributed by atoms with Crippen LogP contribution in [0.4, 0.5) is 0 Å². The van der Waals surface area contributed by atoms with E-state index in [1.165, 1.54) is 57.8 Å². The minimum atomic E-state index is -0.344. The fraction of sp³-hybridized carbons (Fsp3) is 1.00. The molecule has 2 nitrogen and oxygen atoms in total. The average Bonchev–Trinajstić information content (AvgIpc) is 2.51. The average molecular weight is 301 g/mol. The van der Waals surface area contributed by atoms with Crippen molar-refractivity contribution >= 4 is 0 Å². The van der Waals surface area contributed by atoms with Crippen LogP contribution in [0.15, 0.2) is 0 Å². The summed E-state index contributed by atoms with van der Waals surface area (Å²) >= 11 is 0. The van der Waals surface area contributed by atoms with Crippen LogP contribution in [-0.4, -0.2) is 19.5 Å². The maximum absolute atomic E-state index is 6.11. The predicted molar refractivity (Wildman–Crippen MR) is 92.7 cm³/mol. The highest BCUT2D eigenvalue weighted by atomic mass is 16.7. The molecule has 0 aromatic rings. The zero-order valence-corrected chi connectivity index (χ0v) is 15.4. The summed E-state index contributed by atoms with van der Waals surface area (Å²) in [5.41, 5.74) is 0. The second-order valence-corrected chi connectivity index (χ2v) is 6.21. The molecule has 0 aliphatic carbocycles. The van der Waals surface area contributed by atoms with Crippen LogP contribution in [0.3, 0.4) is 0 Å². The van der Waals surface area contributed by atoms with E-state index < -0.39 is 0 Å². The summed E-state index contributed by atoms with van der Waals surface area (Å²) < 4.78 is 12.0. The van der Waals surface area contributed by atoms with Crippen LogP contribution in [0.2, 0.25) is 0 Å². The van der Waals surface area contributed by atoms with E-state index in [0.717, 1.165) is 19.4 Å². The van der Waals surface area contributed by atoms with E-state index in [4.69, 9.17) is 9.47 Å². The lowest BCUT2D eigenvalue weighted by atomic mass is 9.86. The number of hydrogen-bond donors (Lipinski definition) is 0. The van der Waals surface area contributed by atoms with Crippen LogP contribution in [0.5, 0.6) is 0 Å². The first-order chi connectivity index (χ1) is 10.2. The number of ether oxygens (including phenoxy) is 2. The number of methoxy groups -OCH3 is 1. The maximum Gasteiger partial charge on any atom is 0.170 e. The summed E-state index contributed by atoms with van der Waals surface area (Å²) in [5, 5.41) is 0. The fourth-order valence-corrected chi connectivity index (χ4v) is 3.30. The van der Waals surface area contributed by atoms with Crippen LogP contribution in [0, 0.1) is 5.92 Å². The van der Waals surface area contributed by atoms with Gasteiger partial charge in [0.25, 0.3) is 0 Å². The third-order valence-electron chi connectivity index (χ3n) is 4.63. The molecule has 0 fully saturated rings. The minimum absolute atomic E-state index is 0.344. The Morgan fingerprint density at radius 3 is 1.95 bits per heavy atom. The van der Waals surface area contributed by atoms with Crippen molar-refractivity contribution in [1.82, 2.24) is 0 Å². The lowest BCUT2D eigenvalue weighted by molar-refractivity contribution is -0.258. The van der Waals surface area contributed by atoms with E-state index in [1.807, 2.05) is 7.11 Å². The van der Waals surface area contributed by atoms with Gasteiger partial charge in [0.1, 0.15) is 0 Å². The van der Waals surface area contributed by atoms with Crippen molar-refractivity contribution in [2.75, 3.05) is 13.7 Å². The summed E-state index contributed by atoms with van der Waals surface area (Å²) in [6, 6.07) is 0. The van der Waals surface area contributed by atoms with Crippen LogP contribution >= 0.6 is 0 Å². The quantitative estimate of drug-likeness (QED) is 0.260. The van der Waals surface area contributed by atoms with Gasteiger partial charge in [-0.15, -0.1) is 0 Å². The summed E-state index contributed by atoms with van der Waals surface area (Å²) in [6.45, 7) is 9.61. The van der Waals surface area contributed by atoms with Gasteiger partial charge in [-0.3, -0.25) is 0 Å². The van der Waals surface area contributed by atoms with Crippen LogP contribution in [-0.2, 0) is 9.47 Å². The van der Waals surface area contributed by atoms with Crippen molar-refractivity contribution < 1.29 is 9.47 Å². The molecular weight excluding hydrogens is 260 g/mol. The van der Waals surface area contributed by atoms with E-state index >= 15 is 0 Å². The third-order valence-corrected chi connectivity index (χ3v) is 4.63. The number of unbranched alkanes of at least 4 members (excludes halogenated alkanes) is 6. The molecule has 0 aliphatic rings. The summed E-state index contributed by atoms with van der Waals surface area (Å²) in [7, 11) is 1.83. The highest BCUT2D eigenvalue weighted by Gasteiger charge is 2.37. The Balaban J connectivity index is 4.37. The zero-order chi connectivity index (χ0) is 16.0. The summed E-state index contributed by atoms with van der Waals surface area (Å²) in [4.78, 5) is 0. The second kappa shape index (κ2) is 13.6. The first-order valence-electron chi connectivity index (χ1n) is 9.39. The van der Waals surface area contributed by atoms with Gasteiger partial charge in [0.2, 0.25) is 0 Å². The molecule has 0 spiro atoms. The van der Waals surface area contributed by atoms with Gasteiger partial charge < -0.3 is 9.47 Å². The third kappa shape index (κ3) is 8.21. The Hall–Kier alpha value is -0.0800. The highest BCUT2D eigenvalue weighted by Crippen LogP contribution is 2.35. The van der Waals surface area contributed by atoms with E-state index in [2.05, 4.69) is 27.7 Å². The summed E-state index contributed by atoms with van der Waals surface area (Å²) in [6.07, 6.45) is 13.9. The van der Waals surface area contributed by atoms with Gasteiger partial charge in [-0.05, 0) is 26.2 Å². The minimum Gasteiger partial charge on any atom is -0.353 e. The van der Waals surface area contributed by atoms with Crippen molar-refractivity contribution in [3.63, 3.8) is 0 Å². The van der Waals surface area contributed by atoms with Crippen LogP contribution in [0.25, 0.3) is 0 Å². The van der Waals surface area contributed by atoms with Gasteiger partial charge in [-0.1, -0.05) is 65.7 Å². The molecule has 0 amide bonds. The molecule has 0 radical (unpaired) electrons. The standard InChI is InChI=1S/C19H40O2/c1-6-10-12-13-14-15-16-18(8-3)19(20-5,21-9-4)17-11-7-2/h18H,6-17H2,1-5H3. The largest absolute Gasteiger partial charge is 0.353 e. The van der Waals surface area contributed by atoms with Gasteiger partial charge >= 0.3 is 0 Å². The number of hydrogen-bond acceptors (Lipinski definition) is 2. The topological polar surface area (TPSA) is 18.5 Å². The van der Waals surface area contributed by atoms with Crippen molar-refractivity contribution in [3.05, 3.63) is 0 Å². The van der Waals surface area contributed by atoms with E-state index in [0.29, 0.717) is 5.92 Å². The molecule has 0 saturated carbocycles. The molecule has 0 bridgehead atoms. The molecule has 21 heavy (non-hydrogen) atoms. The van der Waals surface area contributed by atoms with E-state index in [-0.39, 0.29) is 5.79 Å². The molecule has 2 atom stereocenters. The van der Waals surface area contributed by atoms with Gasteiger partial charge in [-0.2, -0.15) is 0 Å². The second-order valence-electron chi connectivity index (χ2n) is 6.21. The van der Waals surface area contributed by atoms with Crippen molar-refractivity contribution in [3.8, 4) is 0 Å². The Labute approximate surface area is 134 Å². The first-order valence-corrected chi connectivity index (χ1v) is 9.39. The molecule has 0 aromatic heterocycles. The van der Waals surface area contributed by atoms with Crippen molar-refractivity contribution in [1.29, 1.82) is 0 Å². The van der Waals surface area contributed by atoms with Gasteiger partial charge in [-0.25, -0.2) is 0 Å². The normalized spacial score (nSPS) is 15.9. The molecule has 0 N–H and O–H groups in total. The molecule has 2 unspecified atom stereocenters. The van der Waals surface area contributed by atoms with Gasteiger partial charge in [0.15, 0.2) is 5.79 Å². The first kappa shape index (κ1) is 20.9. The lowest BCUT2D eigenvalue weighted by Gasteiger charge is -2.39. The molecule has 0 saturated heterocycles. The Kier molecular flexibility index (Phi) is 13.5. The Bertz CT molecular complexity index is 218. The monoisotopic (exact) mass is 300 g/mol. The smallest absolute Gasteiger partial charge is 0.170 e. The van der Waals surface area contributed by atoms with Gasteiger partial charge in [0.05, 0.1) is 0 Å². The molecule has 0 aromatic carbocycles. The van der Waals surface area contributed by atoms with Crippen LogP contribution in [0.1, 0.15) is 98.3 Å². The highest BCUT2D eigenvalue weighted by molar-refractivity contribution is 4.79. The molecule has 128 valence electrons. The Morgan fingerprint density at radius 2 is 1.43 bits per heavy atom. The molecule has 0 aliphatic heterocycles. The van der Waals surface area contributed by atoms with Crippen molar-refractivity contribution in [2.45, 2.75) is 104 Å². The van der Waals surface area contributed by atoms with Crippen LogP contribution < -0.4 is 0 Å². The van der Waals surface area contributed by atoms with Gasteiger partial charge in [0, 0.05) is 26.1 Å². The molecule has 0 heterocycles. The molecular formula is C19H40O2. The van der Waals surface area contributed by atoms with E-state index in [1.54, 1.807) is 0 Å². The fourth-order valence-electron chi connectivity index (χ4n) is 3.30. The van der Waals surface area contributed by atoms with E-state index in [9.17, 15) is 0 Å².